The third-order valence-electron chi connectivity index (χ3n) is 6.30. The molecule has 1 amide bonds. The smallest absolute Gasteiger partial charge is 0.307 e. The molecule has 190 valence electrons. The van der Waals surface area contributed by atoms with Crippen LogP contribution < -0.4 is 10.1 Å². The van der Waals surface area contributed by atoms with Gasteiger partial charge in [-0.2, -0.15) is 0 Å². The molecule has 0 heterocycles. The molecule has 9 heteroatoms. The van der Waals surface area contributed by atoms with E-state index in [9.17, 15) is 19.5 Å². The van der Waals surface area contributed by atoms with Crippen molar-refractivity contribution < 1.29 is 33.7 Å². The Hall–Kier alpha value is -2.32. The fourth-order valence-corrected chi connectivity index (χ4v) is 4.58. The highest BCUT2D eigenvalue weighted by Crippen LogP contribution is 2.44. The van der Waals surface area contributed by atoms with Gasteiger partial charge < -0.3 is 24.6 Å². The molecule has 34 heavy (non-hydrogen) atoms. The molecule has 0 saturated heterocycles. The van der Waals surface area contributed by atoms with E-state index in [0.717, 1.165) is 12.8 Å². The van der Waals surface area contributed by atoms with Crippen molar-refractivity contribution >= 4 is 29.4 Å². The van der Waals surface area contributed by atoms with Crippen LogP contribution in [0.3, 0.4) is 0 Å². The van der Waals surface area contributed by atoms with Crippen LogP contribution in [0.4, 0.5) is 0 Å². The maximum atomic E-state index is 13.5. The van der Waals surface area contributed by atoms with Crippen LogP contribution in [-0.2, 0) is 23.9 Å². The number of halogens is 1. The van der Waals surface area contributed by atoms with Gasteiger partial charge in [-0.15, -0.1) is 0 Å². The van der Waals surface area contributed by atoms with Crippen LogP contribution in [0.15, 0.2) is 24.3 Å². The van der Waals surface area contributed by atoms with Gasteiger partial charge >= 0.3 is 11.9 Å². The van der Waals surface area contributed by atoms with Crippen molar-refractivity contribution in [3.05, 3.63) is 29.3 Å². The van der Waals surface area contributed by atoms with Crippen LogP contribution in [0.1, 0.15) is 58.3 Å². The lowest BCUT2D eigenvalue weighted by atomic mass is 9.75. The summed E-state index contributed by atoms with van der Waals surface area (Å²) in [5.41, 5.74) is -0.763. The second kappa shape index (κ2) is 14.2. The largest absolute Gasteiger partial charge is 0.494 e. The van der Waals surface area contributed by atoms with Crippen molar-refractivity contribution in [1.29, 1.82) is 0 Å². The Morgan fingerprint density at radius 2 is 1.79 bits per heavy atom. The van der Waals surface area contributed by atoms with E-state index in [4.69, 9.17) is 25.8 Å². The van der Waals surface area contributed by atoms with E-state index < -0.39 is 29.3 Å². The zero-order chi connectivity index (χ0) is 25.0. The quantitative estimate of drug-likeness (QED) is 0.349. The number of rotatable bonds is 15. The summed E-state index contributed by atoms with van der Waals surface area (Å²) in [6, 6.07) is 6.46. The maximum Gasteiger partial charge on any atom is 0.307 e. The Kier molecular flexibility index (Phi) is 11.6. The minimum Gasteiger partial charge on any atom is -0.494 e. The predicted molar refractivity (Wildman–Crippen MR) is 128 cm³/mol. The van der Waals surface area contributed by atoms with E-state index in [1.165, 1.54) is 7.11 Å². The number of ether oxygens (including phenoxy) is 3. The minimum absolute atomic E-state index is 0.0195. The standard InChI is InChI=1S/C25H36ClNO7/c1-3-33-22(28)16-20(11-15-34-21-8-6-19(26)7-9-21)27-24(31)25(12-4-5-13-25)17-18(23(29)30)10-14-32-2/h6-9,18,20H,3-5,10-17H2,1-2H3,(H,27,31)(H,29,30)/t18-,20-/m0/s1. The van der Waals surface area contributed by atoms with E-state index in [-0.39, 0.29) is 32.0 Å². The number of carboxylic acids is 1. The number of methoxy groups -OCH3 is 1. The molecule has 0 aliphatic heterocycles. The van der Waals surface area contributed by atoms with Gasteiger partial charge in [-0.05, 0) is 56.9 Å². The highest BCUT2D eigenvalue weighted by Gasteiger charge is 2.44. The number of carbonyl (C=O) groups excluding carboxylic acids is 2. The zero-order valence-corrected chi connectivity index (χ0v) is 20.8. The summed E-state index contributed by atoms with van der Waals surface area (Å²) in [5.74, 6) is -1.55. The van der Waals surface area contributed by atoms with Gasteiger partial charge in [0.25, 0.3) is 0 Å². The molecule has 2 rings (SSSR count). The summed E-state index contributed by atoms with van der Waals surface area (Å²) in [6.45, 7) is 2.59. The Morgan fingerprint density at radius 1 is 1.12 bits per heavy atom. The van der Waals surface area contributed by atoms with Crippen molar-refractivity contribution in [1.82, 2.24) is 5.32 Å². The third-order valence-corrected chi connectivity index (χ3v) is 6.55. The Morgan fingerprint density at radius 3 is 2.38 bits per heavy atom. The fourth-order valence-electron chi connectivity index (χ4n) is 4.45. The number of esters is 1. The number of hydrogen-bond acceptors (Lipinski definition) is 6. The molecule has 1 saturated carbocycles. The topological polar surface area (TPSA) is 111 Å². The van der Waals surface area contributed by atoms with Gasteiger partial charge in [0.15, 0.2) is 0 Å². The van der Waals surface area contributed by atoms with Crippen LogP contribution >= 0.6 is 11.6 Å². The summed E-state index contributed by atoms with van der Waals surface area (Å²) in [7, 11) is 1.53. The lowest BCUT2D eigenvalue weighted by molar-refractivity contribution is -0.145. The van der Waals surface area contributed by atoms with Crippen molar-refractivity contribution in [2.24, 2.45) is 11.3 Å². The molecule has 1 aromatic carbocycles. The summed E-state index contributed by atoms with van der Waals surface area (Å²) < 4.78 is 15.9. The van der Waals surface area contributed by atoms with Gasteiger partial charge in [0.2, 0.25) is 5.91 Å². The first-order chi connectivity index (χ1) is 16.3. The first kappa shape index (κ1) is 27.9. The van der Waals surface area contributed by atoms with Gasteiger partial charge in [0.1, 0.15) is 5.75 Å². The van der Waals surface area contributed by atoms with E-state index in [1.54, 1.807) is 31.2 Å². The molecule has 1 aromatic rings. The number of aliphatic carboxylic acids is 1. The average Bonchev–Trinajstić information content (AvgIpc) is 3.28. The summed E-state index contributed by atoms with van der Waals surface area (Å²) in [5, 5.41) is 13.3. The SMILES string of the molecule is CCOC(=O)C[C@H](CCOc1ccc(Cl)cc1)NC(=O)C1(C[C@H](CCOC)C(=O)O)CCCC1. The molecule has 8 nitrogen and oxygen atoms in total. The monoisotopic (exact) mass is 497 g/mol. The Labute approximate surface area is 206 Å². The second-order valence-corrected chi connectivity index (χ2v) is 9.22. The van der Waals surface area contributed by atoms with Gasteiger partial charge in [-0.3, -0.25) is 14.4 Å². The molecule has 0 bridgehead atoms. The molecular formula is C25H36ClNO7. The van der Waals surface area contributed by atoms with Gasteiger partial charge in [0, 0.05) is 31.2 Å². The first-order valence-corrected chi connectivity index (χ1v) is 12.2. The number of carbonyl (C=O) groups is 3. The van der Waals surface area contributed by atoms with Gasteiger partial charge in [0.05, 0.1) is 31.0 Å². The molecule has 0 radical (unpaired) electrons. The van der Waals surface area contributed by atoms with Crippen LogP contribution in [-0.4, -0.2) is 55.9 Å². The first-order valence-electron chi connectivity index (χ1n) is 11.9. The van der Waals surface area contributed by atoms with Crippen LogP contribution in [0.25, 0.3) is 0 Å². The third kappa shape index (κ3) is 8.80. The van der Waals surface area contributed by atoms with Crippen LogP contribution in [0, 0.1) is 11.3 Å². The van der Waals surface area contributed by atoms with E-state index in [1.807, 2.05) is 0 Å². The van der Waals surface area contributed by atoms with Crippen molar-refractivity contribution in [2.75, 3.05) is 26.9 Å². The molecule has 2 N–H and O–H groups in total. The Balaban J connectivity index is 2.07. The van der Waals surface area contributed by atoms with E-state index >= 15 is 0 Å². The van der Waals surface area contributed by atoms with Crippen molar-refractivity contribution in [3.8, 4) is 5.75 Å². The summed E-state index contributed by atoms with van der Waals surface area (Å²) >= 11 is 5.90. The molecule has 1 aliphatic rings. The maximum absolute atomic E-state index is 13.5. The lowest BCUT2D eigenvalue weighted by Gasteiger charge is -2.32. The molecule has 2 atom stereocenters. The molecule has 0 aromatic heterocycles. The van der Waals surface area contributed by atoms with Crippen LogP contribution in [0.2, 0.25) is 5.02 Å². The number of hydrogen-bond donors (Lipinski definition) is 2. The molecule has 1 fully saturated rings. The second-order valence-electron chi connectivity index (χ2n) is 8.78. The molecular weight excluding hydrogens is 462 g/mol. The lowest BCUT2D eigenvalue weighted by Crippen LogP contribution is -2.47. The van der Waals surface area contributed by atoms with Crippen molar-refractivity contribution in [3.63, 3.8) is 0 Å². The van der Waals surface area contributed by atoms with Crippen molar-refractivity contribution in [2.45, 2.75) is 64.3 Å². The van der Waals surface area contributed by atoms with E-state index in [2.05, 4.69) is 5.32 Å². The predicted octanol–water partition coefficient (Wildman–Crippen LogP) is 4.23. The van der Waals surface area contributed by atoms with E-state index in [0.29, 0.717) is 43.1 Å². The molecule has 1 aliphatic carbocycles. The average molecular weight is 498 g/mol. The number of benzene rings is 1. The van der Waals surface area contributed by atoms with Crippen LogP contribution in [0.5, 0.6) is 5.75 Å². The zero-order valence-electron chi connectivity index (χ0n) is 20.0. The minimum atomic E-state index is -0.921. The normalized spacial score (nSPS) is 16.4. The number of carboxylic acid groups (broad SMARTS) is 1. The molecule has 0 unspecified atom stereocenters. The van der Waals surface area contributed by atoms with Gasteiger partial charge in [-0.25, -0.2) is 0 Å². The highest BCUT2D eigenvalue weighted by molar-refractivity contribution is 6.30. The fraction of sp³-hybridized carbons (Fsp3) is 0.640. The highest BCUT2D eigenvalue weighted by atomic mass is 35.5. The number of amides is 1. The van der Waals surface area contributed by atoms with Gasteiger partial charge in [-0.1, -0.05) is 24.4 Å². The number of nitrogens with one attached hydrogen (secondary N) is 1. The molecule has 0 spiro atoms. The Bertz CT molecular complexity index is 793. The summed E-state index contributed by atoms with van der Waals surface area (Å²) in [4.78, 5) is 37.5. The summed E-state index contributed by atoms with van der Waals surface area (Å²) in [6.07, 6.45) is 4.01.